The van der Waals surface area contributed by atoms with Crippen LogP contribution in [0.15, 0.2) is 54.6 Å². The van der Waals surface area contributed by atoms with Crippen LogP contribution in [0.2, 0.25) is 0 Å². The summed E-state index contributed by atoms with van der Waals surface area (Å²) in [6.07, 6.45) is -1.00. The number of carbonyl (C=O) groups excluding carboxylic acids is 1. The topological polar surface area (TPSA) is 65.1 Å². The second kappa shape index (κ2) is 5.11. The number of aromatic amines is 1. The molecular weight excluding hydrogens is 288 g/mol. The molecule has 0 saturated carbocycles. The summed E-state index contributed by atoms with van der Waals surface area (Å²) < 4.78 is 0. The molecule has 3 N–H and O–H groups in total. The number of carbonyl (C=O) groups is 1. The lowest BCUT2D eigenvalue weighted by atomic mass is 9.94. The van der Waals surface area contributed by atoms with Crippen molar-refractivity contribution in [1.29, 1.82) is 0 Å². The van der Waals surface area contributed by atoms with E-state index in [4.69, 9.17) is 0 Å². The van der Waals surface area contributed by atoms with Crippen molar-refractivity contribution in [3.8, 4) is 0 Å². The van der Waals surface area contributed by atoms with Crippen LogP contribution in [0, 0.1) is 6.92 Å². The molecule has 1 aliphatic heterocycles. The van der Waals surface area contributed by atoms with Gasteiger partial charge in [0.25, 0.3) is 5.91 Å². The molecule has 4 heteroatoms. The Labute approximate surface area is 133 Å². The van der Waals surface area contributed by atoms with Crippen LogP contribution in [0.1, 0.15) is 16.8 Å². The predicted molar refractivity (Wildman–Crippen MR) is 90.4 cm³/mol. The summed E-state index contributed by atoms with van der Waals surface area (Å²) in [6.45, 7) is 1.96. The van der Waals surface area contributed by atoms with Crippen molar-refractivity contribution in [2.24, 2.45) is 0 Å². The fourth-order valence-corrected chi connectivity index (χ4v) is 3.30. The molecule has 2 heterocycles. The molecule has 114 valence electrons. The molecule has 1 aliphatic rings. The van der Waals surface area contributed by atoms with E-state index in [0.29, 0.717) is 11.1 Å². The third kappa shape index (κ3) is 2.07. The average molecular weight is 304 g/mol. The predicted octanol–water partition coefficient (Wildman–Crippen LogP) is 2.84. The summed E-state index contributed by atoms with van der Waals surface area (Å²) in [5.74, 6) is -0.247. The summed E-state index contributed by atoms with van der Waals surface area (Å²) in [5, 5.41) is 14.1. The Morgan fingerprint density at radius 3 is 2.48 bits per heavy atom. The Kier molecular flexibility index (Phi) is 3.06. The molecule has 0 fully saturated rings. The zero-order valence-electron chi connectivity index (χ0n) is 12.6. The number of aromatic nitrogens is 1. The van der Waals surface area contributed by atoms with E-state index in [1.807, 2.05) is 61.5 Å². The van der Waals surface area contributed by atoms with Crippen LogP contribution in [-0.2, 0) is 4.79 Å². The van der Waals surface area contributed by atoms with Gasteiger partial charge in [-0.1, -0.05) is 48.5 Å². The minimum Gasteiger partial charge on any atom is -0.369 e. The van der Waals surface area contributed by atoms with Crippen LogP contribution < -0.4 is 5.32 Å². The van der Waals surface area contributed by atoms with Crippen LogP contribution in [-0.4, -0.2) is 22.2 Å². The number of rotatable bonds is 2. The van der Waals surface area contributed by atoms with E-state index in [0.717, 1.165) is 27.7 Å². The van der Waals surface area contributed by atoms with E-state index in [9.17, 15) is 9.90 Å². The van der Waals surface area contributed by atoms with Crippen LogP contribution in [0.4, 0.5) is 0 Å². The number of fused-ring (bicyclic) bond motifs is 1. The number of aliphatic hydroxyl groups is 1. The molecule has 0 bridgehead atoms. The van der Waals surface area contributed by atoms with Gasteiger partial charge >= 0.3 is 0 Å². The van der Waals surface area contributed by atoms with Gasteiger partial charge in [0.2, 0.25) is 0 Å². The number of para-hydroxylation sites is 1. The number of hydrogen-bond donors (Lipinski definition) is 3. The molecule has 2 aromatic carbocycles. The third-order valence-electron chi connectivity index (χ3n) is 4.26. The number of H-pyrrole nitrogens is 1. The lowest BCUT2D eigenvalue weighted by Gasteiger charge is -2.10. The van der Waals surface area contributed by atoms with Crippen LogP contribution in [0.5, 0.6) is 0 Å². The van der Waals surface area contributed by atoms with Crippen molar-refractivity contribution in [1.82, 2.24) is 10.3 Å². The first-order valence-corrected chi connectivity index (χ1v) is 7.53. The van der Waals surface area contributed by atoms with Gasteiger partial charge in [0.05, 0.1) is 5.57 Å². The Bertz CT molecular complexity index is 938. The first-order chi connectivity index (χ1) is 11.2. The monoisotopic (exact) mass is 304 g/mol. The second-order valence-corrected chi connectivity index (χ2v) is 5.70. The molecule has 0 aliphatic carbocycles. The molecule has 4 rings (SSSR count). The summed E-state index contributed by atoms with van der Waals surface area (Å²) in [6, 6.07) is 17.4. The minimum atomic E-state index is -1.00. The summed E-state index contributed by atoms with van der Waals surface area (Å²) in [5.41, 5.74) is 4.80. The van der Waals surface area contributed by atoms with E-state index < -0.39 is 6.23 Å². The van der Waals surface area contributed by atoms with Gasteiger partial charge in [0.15, 0.2) is 6.23 Å². The third-order valence-corrected chi connectivity index (χ3v) is 4.26. The smallest absolute Gasteiger partial charge is 0.254 e. The number of aryl methyl sites for hydroxylation is 1. The Balaban J connectivity index is 2.05. The van der Waals surface area contributed by atoms with Gasteiger partial charge in [-0.3, -0.25) is 4.79 Å². The van der Waals surface area contributed by atoms with Crippen molar-refractivity contribution in [3.05, 3.63) is 71.4 Å². The van der Waals surface area contributed by atoms with Crippen LogP contribution in [0.3, 0.4) is 0 Å². The Morgan fingerprint density at radius 1 is 1.00 bits per heavy atom. The normalized spacial score (nSPS) is 17.8. The fraction of sp³-hybridized carbons (Fsp3) is 0.105. The molecular formula is C19H16N2O2. The van der Waals surface area contributed by atoms with Gasteiger partial charge in [-0.2, -0.15) is 0 Å². The van der Waals surface area contributed by atoms with Gasteiger partial charge in [0, 0.05) is 27.7 Å². The highest BCUT2D eigenvalue weighted by atomic mass is 16.3. The van der Waals surface area contributed by atoms with E-state index in [1.165, 1.54) is 0 Å². The van der Waals surface area contributed by atoms with Gasteiger partial charge in [0.1, 0.15) is 0 Å². The lowest BCUT2D eigenvalue weighted by Crippen LogP contribution is -2.27. The van der Waals surface area contributed by atoms with Crippen molar-refractivity contribution >= 4 is 28.0 Å². The summed E-state index contributed by atoms with van der Waals surface area (Å²) >= 11 is 0. The second-order valence-electron chi connectivity index (χ2n) is 5.70. The number of nitrogens with one attached hydrogen (secondary N) is 2. The molecule has 0 radical (unpaired) electrons. The SMILES string of the molecule is Cc1[nH]c2ccccc2c1C1=C(c2ccccc2)C(=O)NC1O. The lowest BCUT2D eigenvalue weighted by molar-refractivity contribution is -0.116. The maximum Gasteiger partial charge on any atom is 0.254 e. The standard InChI is InChI=1S/C19H16N2O2/c1-11-15(13-9-5-6-10-14(13)20-11)17-16(18(22)21-19(17)23)12-7-3-2-4-8-12/h2-10,19-20,23H,1H3,(H,21,22). The Hall–Kier alpha value is -2.85. The molecule has 1 aromatic heterocycles. The quantitative estimate of drug-likeness (QED) is 0.681. The van der Waals surface area contributed by atoms with Crippen molar-refractivity contribution in [3.63, 3.8) is 0 Å². The van der Waals surface area contributed by atoms with E-state index in [-0.39, 0.29) is 5.91 Å². The number of benzene rings is 2. The number of hydrogen-bond acceptors (Lipinski definition) is 2. The molecule has 4 nitrogen and oxygen atoms in total. The zero-order valence-corrected chi connectivity index (χ0v) is 12.6. The molecule has 0 saturated heterocycles. The molecule has 23 heavy (non-hydrogen) atoms. The van der Waals surface area contributed by atoms with E-state index in [2.05, 4.69) is 10.3 Å². The van der Waals surface area contributed by atoms with Crippen molar-refractivity contribution in [2.75, 3.05) is 0 Å². The average Bonchev–Trinajstić information content (AvgIpc) is 3.03. The first-order valence-electron chi connectivity index (χ1n) is 7.53. The highest BCUT2D eigenvalue weighted by Gasteiger charge is 2.34. The first kappa shape index (κ1) is 13.8. The Morgan fingerprint density at radius 2 is 1.70 bits per heavy atom. The fourth-order valence-electron chi connectivity index (χ4n) is 3.30. The van der Waals surface area contributed by atoms with Gasteiger partial charge in [-0.05, 0) is 18.6 Å². The van der Waals surface area contributed by atoms with Crippen LogP contribution in [0.25, 0.3) is 22.0 Å². The van der Waals surface area contributed by atoms with Gasteiger partial charge in [-0.25, -0.2) is 0 Å². The van der Waals surface area contributed by atoms with Gasteiger partial charge < -0.3 is 15.4 Å². The number of aliphatic hydroxyl groups excluding tert-OH is 1. The molecule has 1 unspecified atom stereocenters. The summed E-state index contributed by atoms with van der Waals surface area (Å²) in [7, 11) is 0. The zero-order chi connectivity index (χ0) is 16.0. The maximum atomic E-state index is 12.4. The molecule has 1 amide bonds. The van der Waals surface area contributed by atoms with Gasteiger partial charge in [-0.15, -0.1) is 0 Å². The highest BCUT2D eigenvalue weighted by Crippen LogP contribution is 2.38. The molecule has 3 aromatic rings. The van der Waals surface area contributed by atoms with E-state index >= 15 is 0 Å². The number of amides is 1. The van der Waals surface area contributed by atoms with Crippen molar-refractivity contribution in [2.45, 2.75) is 13.2 Å². The highest BCUT2D eigenvalue weighted by molar-refractivity contribution is 6.31. The molecule has 0 spiro atoms. The van der Waals surface area contributed by atoms with Crippen LogP contribution >= 0.6 is 0 Å². The summed E-state index contributed by atoms with van der Waals surface area (Å²) in [4.78, 5) is 15.7. The van der Waals surface area contributed by atoms with Crippen molar-refractivity contribution < 1.29 is 9.90 Å². The van der Waals surface area contributed by atoms with E-state index in [1.54, 1.807) is 0 Å². The largest absolute Gasteiger partial charge is 0.369 e. The molecule has 1 atom stereocenters. The minimum absolute atomic E-state index is 0.247. The maximum absolute atomic E-state index is 12.4.